The summed E-state index contributed by atoms with van der Waals surface area (Å²) in [6, 6.07) is 0. The van der Waals surface area contributed by atoms with Crippen molar-refractivity contribution in [1.82, 2.24) is 4.90 Å². The Labute approximate surface area is 111 Å². The Bertz CT molecular complexity index is 381. The second kappa shape index (κ2) is 4.51. The molecule has 0 aromatic rings. The maximum atomic E-state index is 6.11. The molecule has 0 aromatic carbocycles. The molecule has 0 saturated carbocycles. The third-order valence-corrected chi connectivity index (χ3v) is 4.08. The van der Waals surface area contributed by atoms with Gasteiger partial charge >= 0.3 is 7.12 Å². The predicted octanol–water partition coefficient (Wildman–Crippen LogP) is 2.44. The molecule has 100 valence electrons. The van der Waals surface area contributed by atoms with Crippen LogP contribution in [0.2, 0.25) is 0 Å². The Balaban J connectivity index is 2.20. The highest BCUT2D eigenvalue weighted by Gasteiger charge is 2.52. The number of hydrogen-bond acceptors (Lipinski definition) is 3. The first kappa shape index (κ1) is 13.8. The van der Waals surface area contributed by atoms with E-state index in [0.29, 0.717) is 0 Å². The Kier molecular flexibility index (Phi) is 3.47. The smallest absolute Gasteiger partial charge is 0.399 e. The van der Waals surface area contributed by atoms with Gasteiger partial charge in [0.25, 0.3) is 0 Å². The van der Waals surface area contributed by atoms with Crippen LogP contribution in [0.5, 0.6) is 0 Å². The Morgan fingerprint density at radius 2 is 1.72 bits per heavy atom. The zero-order valence-electron chi connectivity index (χ0n) is 12.4. The molecule has 1 saturated heterocycles. The second-order valence-corrected chi connectivity index (χ2v) is 6.49. The van der Waals surface area contributed by atoms with E-state index in [4.69, 9.17) is 9.31 Å². The van der Waals surface area contributed by atoms with Crippen molar-refractivity contribution in [1.29, 1.82) is 0 Å². The zero-order valence-corrected chi connectivity index (χ0v) is 12.4. The molecule has 1 heterocycles. The minimum absolute atomic E-state index is 0.219. The molecule has 1 fully saturated rings. The largest absolute Gasteiger partial charge is 0.494 e. The van der Waals surface area contributed by atoms with E-state index in [1.54, 1.807) is 0 Å². The molecule has 1 aliphatic heterocycles. The average molecular weight is 249 g/mol. The highest BCUT2D eigenvalue weighted by molar-refractivity contribution is 6.56. The van der Waals surface area contributed by atoms with Gasteiger partial charge in [0.15, 0.2) is 0 Å². The SMILES string of the molecule is CN(C)CC1=C(B2OC(C)(C)C(C)(C)O2)C=CC1. The molecular formula is C14H24BNO2. The minimum atomic E-state index is -0.260. The van der Waals surface area contributed by atoms with Gasteiger partial charge in [-0.15, -0.1) is 0 Å². The monoisotopic (exact) mass is 249 g/mol. The molecule has 0 unspecified atom stereocenters. The molecule has 0 bridgehead atoms. The van der Waals surface area contributed by atoms with Crippen LogP contribution in [0.25, 0.3) is 0 Å². The highest BCUT2D eigenvalue weighted by atomic mass is 16.7. The number of nitrogens with zero attached hydrogens (tertiary/aromatic N) is 1. The molecule has 0 atom stereocenters. The molecule has 0 radical (unpaired) electrons. The first-order valence-corrected chi connectivity index (χ1v) is 6.62. The van der Waals surface area contributed by atoms with Gasteiger partial charge in [-0.05, 0) is 53.7 Å². The summed E-state index contributed by atoms with van der Waals surface area (Å²) in [4.78, 5) is 2.19. The van der Waals surface area contributed by atoms with Gasteiger partial charge in [0.05, 0.1) is 11.2 Å². The van der Waals surface area contributed by atoms with Crippen LogP contribution in [-0.2, 0) is 9.31 Å². The molecule has 2 aliphatic rings. The summed E-state index contributed by atoms with van der Waals surface area (Å²) >= 11 is 0. The lowest BCUT2D eigenvalue weighted by molar-refractivity contribution is 0.00578. The molecule has 3 nitrogen and oxygen atoms in total. The zero-order chi connectivity index (χ0) is 13.6. The van der Waals surface area contributed by atoms with Crippen LogP contribution < -0.4 is 0 Å². The lowest BCUT2D eigenvalue weighted by Gasteiger charge is -2.32. The molecule has 0 amide bonds. The quantitative estimate of drug-likeness (QED) is 0.717. The van der Waals surface area contributed by atoms with Gasteiger partial charge in [-0.3, -0.25) is 0 Å². The molecular weight excluding hydrogens is 225 g/mol. The van der Waals surface area contributed by atoms with Crippen LogP contribution in [0.15, 0.2) is 23.2 Å². The van der Waals surface area contributed by atoms with E-state index in [2.05, 4.69) is 58.8 Å². The summed E-state index contributed by atoms with van der Waals surface area (Å²) in [6.07, 6.45) is 5.36. The second-order valence-electron chi connectivity index (χ2n) is 6.49. The van der Waals surface area contributed by atoms with Gasteiger partial charge in [-0.1, -0.05) is 17.7 Å². The van der Waals surface area contributed by atoms with Crippen molar-refractivity contribution in [2.75, 3.05) is 20.6 Å². The topological polar surface area (TPSA) is 21.7 Å². The van der Waals surface area contributed by atoms with Crippen molar-refractivity contribution in [3.63, 3.8) is 0 Å². The lowest BCUT2D eigenvalue weighted by atomic mass is 9.76. The van der Waals surface area contributed by atoms with Crippen molar-refractivity contribution >= 4 is 7.12 Å². The van der Waals surface area contributed by atoms with Crippen molar-refractivity contribution < 1.29 is 9.31 Å². The van der Waals surface area contributed by atoms with E-state index >= 15 is 0 Å². The first-order valence-electron chi connectivity index (χ1n) is 6.62. The maximum absolute atomic E-state index is 6.11. The average Bonchev–Trinajstić information content (AvgIpc) is 2.69. The first-order chi connectivity index (χ1) is 8.23. The normalized spacial score (nSPS) is 25.6. The van der Waals surface area contributed by atoms with Crippen molar-refractivity contribution in [3.8, 4) is 0 Å². The number of likely N-dealkylation sites (N-methyl/N-ethyl adjacent to an activating group) is 1. The van der Waals surface area contributed by atoms with Crippen molar-refractivity contribution in [3.05, 3.63) is 23.2 Å². The molecule has 0 N–H and O–H groups in total. The summed E-state index contributed by atoms with van der Waals surface area (Å²) in [5.41, 5.74) is 2.09. The molecule has 1 aliphatic carbocycles. The Morgan fingerprint density at radius 3 is 2.22 bits per heavy atom. The fourth-order valence-electron chi connectivity index (χ4n) is 2.32. The predicted molar refractivity (Wildman–Crippen MR) is 75.4 cm³/mol. The molecule has 18 heavy (non-hydrogen) atoms. The van der Waals surface area contributed by atoms with Crippen molar-refractivity contribution in [2.24, 2.45) is 0 Å². The molecule has 2 rings (SSSR count). The van der Waals surface area contributed by atoms with Gasteiger partial charge in [-0.25, -0.2) is 0 Å². The minimum Gasteiger partial charge on any atom is -0.399 e. The highest BCUT2D eigenvalue weighted by Crippen LogP contribution is 2.40. The number of rotatable bonds is 3. The van der Waals surface area contributed by atoms with Crippen LogP contribution in [0.4, 0.5) is 0 Å². The van der Waals surface area contributed by atoms with Gasteiger partial charge in [0.1, 0.15) is 0 Å². The third-order valence-electron chi connectivity index (χ3n) is 4.08. The molecule has 4 heteroatoms. The van der Waals surface area contributed by atoms with E-state index in [0.717, 1.165) is 13.0 Å². The Hall–Kier alpha value is -0.575. The van der Waals surface area contributed by atoms with Crippen LogP contribution in [-0.4, -0.2) is 43.9 Å². The van der Waals surface area contributed by atoms with Crippen LogP contribution >= 0.6 is 0 Å². The van der Waals surface area contributed by atoms with Crippen molar-refractivity contribution in [2.45, 2.75) is 45.3 Å². The fraction of sp³-hybridized carbons (Fsp3) is 0.714. The lowest BCUT2D eigenvalue weighted by Crippen LogP contribution is -2.41. The molecule has 0 spiro atoms. The van der Waals surface area contributed by atoms with Gasteiger partial charge in [0.2, 0.25) is 0 Å². The van der Waals surface area contributed by atoms with Crippen LogP contribution in [0.1, 0.15) is 34.1 Å². The summed E-state index contributed by atoms with van der Waals surface area (Å²) in [5.74, 6) is 0. The Morgan fingerprint density at radius 1 is 1.17 bits per heavy atom. The van der Waals surface area contributed by atoms with Crippen LogP contribution in [0, 0.1) is 0 Å². The molecule has 0 aromatic heterocycles. The number of allylic oxidation sites excluding steroid dienone is 3. The van der Waals surface area contributed by atoms with Gasteiger partial charge in [-0.2, -0.15) is 0 Å². The number of hydrogen-bond donors (Lipinski definition) is 0. The van der Waals surface area contributed by atoms with E-state index < -0.39 is 0 Å². The summed E-state index contributed by atoms with van der Waals surface area (Å²) in [6.45, 7) is 9.35. The standard InChI is InChI=1S/C14H24BNO2/c1-13(2)14(3,4)18-15(17-13)12-9-7-8-11(12)10-16(5)6/h7,9H,8,10H2,1-6H3. The summed E-state index contributed by atoms with van der Waals surface area (Å²) < 4.78 is 12.2. The summed E-state index contributed by atoms with van der Waals surface area (Å²) in [5, 5.41) is 0. The van der Waals surface area contributed by atoms with E-state index in [1.165, 1.54) is 11.0 Å². The van der Waals surface area contributed by atoms with E-state index in [1.807, 2.05) is 0 Å². The van der Waals surface area contributed by atoms with E-state index in [9.17, 15) is 0 Å². The van der Waals surface area contributed by atoms with Crippen LogP contribution in [0.3, 0.4) is 0 Å². The van der Waals surface area contributed by atoms with E-state index in [-0.39, 0.29) is 18.3 Å². The van der Waals surface area contributed by atoms with Gasteiger partial charge in [0, 0.05) is 6.54 Å². The fourth-order valence-corrected chi connectivity index (χ4v) is 2.32. The third kappa shape index (κ3) is 2.42. The van der Waals surface area contributed by atoms with Gasteiger partial charge < -0.3 is 14.2 Å². The maximum Gasteiger partial charge on any atom is 0.494 e. The summed E-state index contributed by atoms with van der Waals surface area (Å²) in [7, 11) is 3.96.